The highest BCUT2D eigenvalue weighted by molar-refractivity contribution is 9.10. The van der Waals surface area contributed by atoms with Gasteiger partial charge in [-0.1, -0.05) is 22.9 Å². The van der Waals surface area contributed by atoms with E-state index in [2.05, 4.69) is 21.2 Å². The van der Waals surface area contributed by atoms with E-state index in [1.165, 1.54) is 6.07 Å². The van der Waals surface area contributed by atoms with E-state index >= 15 is 0 Å². The van der Waals surface area contributed by atoms with Gasteiger partial charge in [-0.15, -0.1) is 0 Å². The Morgan fingerprint density at radius 3 is 2.55 bits per heavy atom. The Morgan fingerprint density at radius 2 is 1.90 bits per heavy atom. The fourth-order valence-electron chi connectivity index (χ4n) is 1.81. The summed E-state index contributed by atoms with van der Waals surface area (Å²) in [6, 6.07) is 8.54. The monoisotopic (exact) mass is 339 g/mol. The number of aryl methyl sites for hydroxylation is 1. The van der Waals surface area contributed by atoms with Crippen LogP contribution in [0.25, 0.3) is 0 Å². The van der Waals surface area contributed by atoms with Gasteiger partial charge in [0.1, 0.15) is 0 Å². The molecule has 1 N–H and O–H groups in total. The van der Waals surface area contributed by atoms with Crippen LogP contribution in [-0.4, -0.2) is 5.91 Å². The molecular weight excluding hydrogens is 328 g/mol. The van der Waals surface area contributed by atoms with Gasteiger partial charge in [-0.25, -0.2) is 8.78 Å². The summed E-state index contributed by atoms with van der Waals surface area (Å²) in [5.74, 6) is -2.48. The third-order valence-corrected chi connectivity index (χ3v) is 3.37. The Balaban J connectivity index is 2.25. The van der Waals surface area contributed by atoms with Gasteiger partial charge in [0, 0.05) is 15.7 Å². The van der Waals surface area contributed by atoms with Crippen LogP contribution in [0.1, 0.15) is 22.8 Å². The molecule has 5 heteroatoms. The van der Waals surface area contributed by atoms with Crippen molar-refractivity contribution in [3.05, 3.63) is 63.6 Å². The highest BCUT2D eigenvalue weighted by Gasteiger charge is 2.11. The van der Waals surface area contributed by atoms with Gasteiger partial charge in [0.2, 0.25) is 0 Å². The summed E-state index contributed by atoms with van der Waals surface area (Å²) in [7, 11) is 0. The van der Waals surface area contributed by atoms with Gasteiger partial charge in [0.05, 0.1) is 0 Å². The quantitative estimate of drug-likeness (QED) is 0.873. The van der Waals surface area contributed by atoms with Gasteiger partial charge >= 0.3 is 0 Å². The zero-order valence-electron chi connectivity index (χ0n) is 10.7. The van der Waals surface area contributed by atoms with Crippen molar-refractivity contribution in [2.45, 2.75) is 13.3 Å². The van der Waals surface area contributed by atoms with Crippen molar-refractivity contribution in [1.82, 2.24) is 0 Å². The lowest BCUT2D eigenvalue weighted by atomic mass is 10.1. The fourth-order valence-corrected chi connectivity index (χ4v) is 2.22. The lowest BCUT2D eigenvalue weighted by Gasteiger charge is -2.10. The first-order chi connectivity index (χ1) is 9.51. The largest absolute Gasteiger partial charge is 0.322 e. The molecule has 0 aliphatic rings. The normalized spacial score (nSPS) is 10.4. The van der Waals surface area contributed by atoms with E-state index in [-0.39, 0.29) is 5.56 Å². The van der Waals surface area contributed by atoms with Gasteiger partial charge in [-0.2, -0.15) is 0 Å². The average molecular weight is 340 g/mol. The molecule has 104 valence electrons. The van der Waals surface area contributed by atoms with Crippen molar-refractivity contribution < 1.29 is 13.6 Å². The predicted octanol–water partition coefficient (Wildman–Crippen LogP) is 4.54. The van der Waals surface area contributed by atoms with Gasteiger partial charge in [-0.05, 0) is 48.4 Å². The first-order valence-corrected chi connectivity index (χ1v) is 6.85. The first-order valence-electron chi connectivity index (χ1n) is 6.06. The number of halogens is 3. The predicted molar refractivity (Wildman–Crippen MR) is 77.8 cm³/mol. The summed E-state index contributed by atoms with van der Waals surface area (Å²) in [4.78, 5) is 12.0. The van der Waals surface area contributed by atoms with Crippen molar-refractivity contribution in [2.75, 3.05) is 5.32 Å². The Hall–Kier alpha value is -1.75. The smallest absolute Gasteiger partial charge is 0.255 e. The molecule has 0 aliphatic carbocycles. The molecule has 0 aliphatic heterocycles. The maximum Gasteiger partial charge on any atom is 0.255 e. The van der Waals surface area contributed by atoms with Crippen molar-refractivity contribution in [2.24, 2.45) is 0 Å². The Morgan fingerprint density at radius 1 is 1.15 bits per heavy atom. The molecule has 2 rings (SSSR count). The average Bonchev–Trinajstić information content (AvgIpc) is 2.43. The minimum atomic E-state index is -1.04. The number of carbonyl (C=O) groups excluding carboxylic acids is 1. The summed E-state index contributed by atoms with van der Waals surface area (Å²) in [5, 5.41) is 2.70. The second-order valence-corrected chi connectivity index (χ2v) is 5.15. The maximum absolute atomic E-state index is 13.1. The van der Waals surface area contributed by atoms with Gasteiger partial charge in [-0.3, -0.25) is 4.79 Å². The topological polar surface area (TPSA) is 29.1 Å². The lowest BCUT2D eigenvalue weighted by Crippen LogP contribution is -2.13. The number of nitrogens with one attached hydrogen (secondary N) is 1. The van der Waals surface area contributed by atoms with Crippen molar-refractivity contribution >= 4 is 27.5 Å². The van der Waals surface area contributed by atoms with Crippen LogP contribution in [0.15, 0.2) is 40.9 Å². The molecule has 0 aromatic heterocycles. The fraction of sp³-hybridized carbons (Fsp3) is 0.133. The minimum Gasteiger partial charge on any atom is -0.322 e. The molecular formula is C15H12BrF2NO. The summed E-state index contributed by atoms with van der Waals surface area (Å²) in [6.45, 7) is 1.97. The van der Waals surface area contributed by atoms with E-state index in [1.54, 1.807) is 12.1 Å². The molecule has 0 saturated heterocycles. The maximum atomic E-state index is 13.1. The number of hydrogen-bond acceptors (Lipinski definition) is 1. The molecule has 0 spiro atoms. The van der Waals surface area contributed by atoms with E-state index in [0.29, 0.717) is 5.69 Å². The van der Waals surface area contributed by atoms with E-state index in [9.17, 15) is 13.6 Å². The zero-order valence-corrected chi connectivity index (χ0v) is 12.3. The molecule has 20 heavy (non-hydrogen) atoms. The summed E-state index contributed by atoms with van der Waals surface area (Å²) >= 11 is 3.36. The molecule has 0 unspecified atom stereocenters. The van der Waals surface area contributed by atoms with Crippen LogP contribution < -0.4 is 5.32 Å². The van der Waals surface area contributed by atoms with E-state index in [4.69, 9.17) is 0 Å². The van der Waals surface area contributed by atoms with Crippen LogP contribution in [0.2, 0.25) is 0 Å². The second kappa shape index (κ2) is 6.13. The molecule has 2 nitrogen and oxygen atoms in total. The lowest BCUT2D eigenvalue weighted by molar-refractivity contribution is 0.102. The van der Waals surface area contributed by atoms with Crippen LogP contribution in [0, 0.1) is 11.6 Å². The van der Waals surface area contributed by atoms with Gasteiger partial charge < -0.3 is 5.32 Å². The Bertz CT molecular complexity index is 658. The van der Waals surface area contributed by atoms with Crippen LogP contribution in [-0.2, 0) is 6.42 Å². The van der Waals surface area contributed by atoms with Gasteiger partial charge in [0.15, 0.2) is 11.6 Å². The highest BCUT2D eigenvalue weighted by Crippen LogP contribution is 2.22. The standard InChI is InChI=1S/C15H12BrF2NO/c1-2-9-7-11(16)4-6-14(9)19-15(20)10-3-5-12(17)13(18)8-10/h3-8H,2H2,1H3,(H,19,20). The molecule has 0 fully saturated rings. The van der Waals surface area contributed by atoms with Gasteiger partial charge in [0.25, 0.3) is 5.91 Å². The first kappa shape index (κ1) is 14.7. The number of carbonyl (C=O) groups is 1. The second-order valence-electron chi connectivity index (χ2n) is 4.24. The number of hydrogen-bond donors (Lipinski definition) is 1. The Labute approximate surface area is 123 Å². The summed E-state index contributed by atoms with van der Waals surface area (Å²) < 4.78 is 26.9. The van der Waals surface area contributed by atoms with Crippen molar-refractivity contribution in [3.8, 4) is 0 Å². The van der Waals surface area contributed by atoms with Crippen LogP contribution in [0.5, 0.6) is 0 Å². The number of anilines is 1. The van der Waals surface area contributed by atoms with E-state index < -0.39 is 17.5 Å². The number of amides is 1. The minimum absolute atomic E-state index is 0.0777. The third kappa shape index (κ3) is 3.22. The molecule has 1 amide bonds. The third-order valence-electron chi connectivity index (χ3n) is 2.88. The van der Waals surface area contributed by atoms with Crippen LogP contribution in [0.3, 0.4) is 0 Å². The van der Waals surface area contributed by atoms with E-state index in [1.807, 2.05) is 13.0 Å². The molecule has 2 aromatic rings. The molecule has 0 heterocycles. The van der Waals surface area contributed by atoms with Crippen molar-refractivity contribution in [1.29, 1.82) is 0 Å². The zero-order chi connectivity index (χ0) is 14.7. The molecule has 2 aromatic carbocycles. The van der Waals surface area contributed by atoms with Crippen molar-refractivity contribution in [3.63, 3.8) is 0 Å². The SMILES string of the molecule is CCc1cc(Br)ccc1NC(=O)c1ccc(F)c(F)c1. The van der Waals surface area contributed by atoms with E-state index in [0.717, 1.165) is 28.6 Å². The molecule has 0 bridgehead atoms. The highest BCUT2D eigenvalue weighted by atomic mass is 79.9. The Kier molecular flexibility index (Phi) is 4.49. The summed E-state index contributed by atoms with van der Waals surface area (Å²) in [6.07, 6.45) is 0.743. The summed E-state index contributed by atoms with van der Waals surface area (Å²) in [5.41, 5.74) is 1.69. The van der Waals surface area contributed by atoms with Crippen LogP contribution in [0.4, 0.5) is 14.5 Å². The molecule has 0 radical (unpaired) electrons. The molecule has 0 atom stereocenters. The number of rotatable bonds is 3. The molecule has 0 saturated carbocycles. The van der Waals surface area contributed by atoms with Crippen LogP contribution >= 0.6 is 15.9 Å². The number of benzene rings is 2.